The van der Waals surface area contributed by atoms with E-state index in [2.05, 4.69) is 10.3 Å². The Hall–Kier alpha value is -1.28. The molecule has 1 aliphatic rings. The van der Waals surface area contributed by atoms with E-state index >= 15 is 0 Å². The summed E-state index contributed by atoms with van der Waals surface area (Å²) in [5.74, 6) is -1.13. The summed E-state index contributed by atoms with van der Waals surface area (Å²) in [6.45, 7) is 1.84. The van der Waals surface area contributed by atoms with E-state index in [1.807, 2.05) is 13.0 Å². The van der Waals surface area contributed by atoms with Gasteiger partial charge in [0.1, 0.15) is 0 Å². The van der Waals surface area contributed by atoms with Gasteiger partial charge in [-0.05, 0) is 18.6 Å². The van der Waals surface area contributed by atoms with Gasteiger partial charge in [0.25, 0.3) is 0 Å². The first kappa shape index (κ1) is 8.81. The average molecular weight is 181 g/mol. The molecule has 0 aliphatic carbocycles. The van der Waals surface area contributed by atoms with Crippen molar-refractivity contribution >= 4 is 28.9 Å². The van der Waals surface area contributed by atoms with Crippen LogP contribution in [-0.2, 0) is 4.79 Å². The summed E-state index contributed by atoms with van der Waals surface area (Å²) >= 11 is 4.70. The van der Waals surface area contributed by atoms with Crippen molar-refractivity contribution in [2.75, 3.05) is 0 Å². The molecule has 1 aliphatic heterocycles. The van der Waals surface area contributed by atoms with Gasteiger partial charge >= 0.3 is 0 Å². The van der Waals surface area contributed by atoms with E-state index in [0.29, 0.717) is 12.1 Å². The molecule has 0 spiro atoms. The Morgan fingerprint density at radius 1 is 1.83 bits per heavy atom. The Kier molecular flexibility index (Phi) is 2.51. The third-order valence-corrected chi connectivity index (χ3v) is 1.76. The third-order valence-electron chi connectivity index (χ3n) is 1.56. The number of nitrogens with one attached hydrogen (secondary N) is 1. The zero-order chi connectivity index (χ0) is 9.14. The summed E-state index contributed by atoms with van der Waals surface area (Å²) in [6, 6.07) is 1.87. The van der Waals surface area contributed by atoms with Crippen LogP contribution in [0.3, 0.4) is 0 Å². The fraction of sp³-hybridized carbons (Fsp3) is 0.429. The van der Waals surface area contributed by atoms with Crippen LogP contribution in [0.4, 0.5) is 0 Å². The largest absolute Gasteiger partial charge is 0.300 e. The van der Waals surface area contributed by atoms with Crippen LogP contribution in [0.15, 0.2) is 4.99 Å². The van der Waals surface area contributed by atoms with Gasteiger partial charge in [-0.1, -0.05) is 6.92 Å². The van der Waals surface area contributed by atoms with Gasteiger partial charge in [0.2, 0.25) is 5.91 Å². The zero-order valence-corrected chi connectivity index (χ0v) is 7.31. The van der Waals surface area contributed by atoms with E-state index in [1.54, 1.807) is 0 Å². The Bertz CT molecular complexity index is 302. The van der Waals surface area contributed by atoms with Crippen molar-refractivity contribution in [2.24, 2.45) is 10.9 Å². The Morgan fingerprint density at radius 3 is 3.00 bits per heavy atom. The second-order valence-corrected chi connectivity index (χ2v) is 2.70. The molecule has 0 saturated heterocycles. The number of amides is 1. The van der Waals surface area contributed by atoms with Crippen molar-refractivity contribution in [1.82, 2.24) is 5.32 Å². The van der Waals surface area contributed by atoms with Crippen molar-refractivity contribution < 1.29 is 4.79 Å². The zero-order valence-electron chi connectivity index (χ0n) is 6.50. The summed E-state index contributed by atoms with van der Waals surface area (Å²) in [4.78, 5) is 15.0. The van der Waals surface area contributed by atoms with Gasteiger partial charge in [-0.2, -0.15) is 5.26 Å². The SMILES string of the molecule is CCC1=NC(=S)NC(=O)C1C#N. The summed E-state index contributed by atoms with van der Waals surface area (Å²) in [7, 11) is 0. The molecule has 62 valence electrons. The molecule has 12 heavy (non-hydrogen) atoms. The van der Waals surface area contributed by atoms with E-state index in [1.165, 1.54) is 0 Å². The molecule has 0 aromatic carbocycles. The highest BCUT2D eigenvalue weighted by atomic mass is 32.1. The molecule has 1 amide bonds. The maximum atomic E-state index is 11.1. The topological polar surface area (TPSA) is 65.2 Å². The Morgan fingerprint density at radius 2 is 2.50 bits per heavy atom. The maximum absolute atomic E-state index is 11.1. The molecule has 0 aromatic rings. The standard InChI is InChI=1S/C7H7N3OS/c1-2-5-4(3-8)6(11)10-7(12)9-5/h4H,2H2,1H3,(H,10,11,12). The van der Waals surface area contributed by atoms with Gasteiger partial charge in [-0.25, -0.2) is 4.99 Å². The molecule has 4 nitrogen and oxygen atoms in total. The fourth-order valence-electron chi connectivity index (χ4n) is 0.968. The number of aliphatic imine (C=N–C) groups is 1. The number of carbonyl (C=O) groups is 1. The number of hydrogen-bond donors (Lipinski definition) is 1. The lowest BCUT2D eigenvalue weighted by Crippen LogP contribution is -2.42. The van der Waals surface area contributed by atoms with E-state index < -0.39 is 5.92 Å². The minimum atomic E-state index is -0.762. The highest BCUT2D eigenvalue weighted by Crippen LogP contribution is 2.08. The molecule has 0 saturated carbocycles. The second-order valence-electron chi connectivity index (χ2n) is 2.31. The van der Waals surface area contributed by atoms with Crippen LogP contribution in [0.5, 0.6) is 0 Å². The Balaban J connectivity index is 3.00. The summed E-state index contributed by atoms with van der Waals surface area (Å²) in [6.07, 6.45) is 0.575. The lowest BCUT2D eigenvalue weighted by molar-refractivity contribution is -0.120. The number of nitriles is 1. The molecule has 1 unspecified atom stereocenters. The van der Waals surface area contributed by atoms with Crippen molar-refractivity contribution in [3.05, 3.63) is 0 Å². The van der Waals surface area contributed by atoms with Gasteiger partial charge in [0.15, 0.2) is 11.0 Å². The summed E-state index contributed by atoms with van der Waals surface area (Å²) in [5.41, 5.74) is 0.547. The molecule has 5 heteroatoms. The van der Waals surface area contributed by atoms with Crippen molar-refractivity contribution in [1.29, 1.82) is 5.26 Å². The predicted molar refractivity (Wildman–Crippen MR) is 47.6 cm³/mol. The van der Waals surface area contributed by atoms with Gasteiger partial charge in [-0.3, -0.25) is 10.1 Å². The van der Waals surface area contributed by atoms with Crippen molar-refractivity contribution in [3.63, 3.8) is 0 Å². The van der Waals surface area contributed by atoms with Crippen LogP contribution >= 0.6 is 12.2 Å². The lowest BCUT2D eigenvalue weighted by atomic mass is 10.0. The van der Waals surface area contributed by atoms with E-state index in [4.69, 9.17) is 17.5 Å². The smallest absolute Gasteiger partial charge is 0.249 e. The normalized spacial score (nSPS) is 22.7. The van der Waals surface area contributed by atoms with E-state index in [-0.39, 0.29) is 11.0 Å². The average Bonchev–Trinajstić information content (AvgIpc) is 2.03. The number of carbonyl (C=O) groups excluding carboxylic acids is 1. The predicted octanol–water partition coefficient (Wildman–Crippen LogP) is 0.392. The van der Waals surface area contributed by atoms with E-state index in [9.17, 15) is 4.79 Å². The number of nitrogens with zero attached hydrogens (tertiary/aromatic N) is 2. The van der Waals surface area contributed by atoms with Gasteiger partial charge in [-0.15, -0.1) is 0 Å². The van der Waals surface area contributed by atoms with Crippen LogP contribution in [0.25, 0.3) is 0 Å². The monoisotopic (exact) mass is 181 g/mol. The molecule has 0 fully saturated rings. The first-order valence-corrected chi connectivity index (χ1v) is 3.91. The number of hydrogen-bond acceptors (Lipinski definition) is 3. The molecular formula is C7H7N3OS. The maximum Gasteiger partial charge on any atom is 0.249 e. The Labute approximate surface area is 75.3 Å². The molecular weight excluding hydrogens is 174 g/mol. The van der Waals surface area contributed by atoms with Crippen LogP contribution in [0, 0.1) is 17.2 Å². The number of rotatable bonds is 1. The minimum Gasteiger partial charge on any atom is -0.300 e. The van der Waals surface area contributed by atoms with Gasteiger partial charge in [0, 0.05) is 5.71 Å². The first-order chi connectivity index (χ1) is 5.69. The fourth-order valence-corrected chi connectivity index (χ4v) is 1.19. The highest BCUT2D eigenvalue weighted by Gasteiger charge is 2.27. The molecule has 0 bridgehead atoms. The van der Waals surface area contributed by atoms with Crippen LogP contribution in [0.1, 0.15) is 13.3 Å². The molecule has 0 aromatic heterocycles. The minimum absolute atomic E-state index is 0.156. The van der Waals surface area contributed by atoms with Gasteiger partial charge in [0.05, 0.1) is 6.07 Å². The van der Waals surface area contributed by atoms with Gasteiger partial charge < -0.3 is 0 Å². The summed E-state index contributed by atoms with van der Waals surface area (Å²) in [5, 5.41) is 11.1. The number of thiocarbonyl (C=S) groups is 1. The molecule has 1 N–H and O–H groups in total. The molecule has 1 atom stereocenters. The van der Waals surface area contributed by atoms with Crippen molar-refractivity contribution in [3.8, 4) is 6.07 Å². The second kappa shape index (κ2) is 3.41. The summed E-state index contributed by atoms with van der Waals surface area (Å²) < 4.78 is 0. The third kappa shape index (κ3) is 1.48. The lowest BCUT2D eigenvalue weighted by Gasteiger charge is -2.16. The first-order valence-electron chi connectivity index (χ1n) is 3.51. The van der Waals surface area contributed by atoms with Crippen LogP contribution in [0.2, 0.25) is 0 Å². The highest BCUT2D eigenvalue weighted by molar-refractivity contribution is 7.80. The molecule has 0 radical (unpaired) electrons. The van der Waals surface area contributed by atoms with Crippen LogP contribution in [-0.4, -0.2) is 16.7 Å². The molecule has 1 heterocycles. The molecule has 1 rings (SSSR count). The van der Waals surface area contributed by atoms with Crippen molar-refractivity contribution in [2.45, 2.75) is 13.3 Å². The quantitative estimate of drug-likeness (QED) is 0.595. The van der Waals surface area contributed by atoms with E-state index in [0.717, 1.165) is 0 Å². The van der Waals surface area contributed by atoms with Crippen LogP contribution < -0.4 is 5.32 Å².